The maximum absolute atomic E-state index is 12.4. The van der Waals surface area contributed by atoms with Gasteiger partial charge < -0.3 is 10.4 Å². The van der Waals surface area contributed by atoms with E-state index in [4.69, 9.17) is 16.7 Å². The van der Waals surface area contributed by atoms with Gasteiger partial charge in [0.2, 0.25) is 0 Å². The number of aliphatic hydroxyl groups excluding tert-OH is 1. The average molecular weight is 336 g/mol. The lowest BCUT2D eigenvalue weighted by Crippen LogP contribution is -2.39. The number of aromatic nitrogens is 2. The third kappa shape index (κ3) is 4.33. The number of carbonyl (C=O) groups excluding carboxylic acids is 1. The molecule has 0 aliphatic heterocycles. The summed E-state index contributed by atoms with van der Waals surface area (Å²) in [6.07, 6.45) is 0.525. The summed E-state index contributed by atoms with van der Waals surface area (Å²) in [6.45, 7) is 5.95. The Balaban J connectivity index is 2.21. The molecule has 5 nitrogen and oxygen atoms in total. The molecule has 124 valence electrons. The minimum absolute atomic E-state index is 0.0408. The second kappa shape index (κ2) is 7.62. The quantitative estimate of drug-likeness (QED) is 0.852. The van der Waals surface area contributed by atoms with E-state index in [1.165, 1.54) is 0 Å². The van der Waals surface area contributed by atoms with Gasteiger partial charge in [0.25, 0.3) is 5.91 Å². The molecule has 0 bridgehead atoms. The predicted molar refractivity (Wildman–Crippen MR) is 91.1 cm³/mol. The molecular formula is C17H22ClN3O2. The minimum atomic E-state index is -0.235. The maximum Gasteiger partial charge on any atom is 0.272 e. The van der Waals surface area contributed by atoms with Crippen LogP contribution in [-0.2, 0) is 0 Å². The Kier molecular flexibility index (Phi) is 5.80. The molecule has 0 spiro atoms. The molecule has 1 aromatic heterocycles. The largest absolute Gasteiger partial charge is 0.396 e. The van der Waals surface area contributed by atoms with Crippen molar-refractivity contribution >= 4 is 17.5 Å². The second-order valence-electron chi connectivity index (χ2n) is 5.90. The zero-order valence-corrected chi connectivity index (χ0v) is 14.3. The zero-order valence-electron chi connectivity index (χ0n) is 13.6. The Morgan fingerprint density at radius 1 is 1.39 bits per heavy atom. The Morgan fingerprint density at radius 3 is 2.74 bits per heavy atom. The van der Waals surface area contributed by atoms with Gasteiger partial charge in [0, 0.05) is 23.4 Å². The van der Waals surface area contributed by atoms with Crippen LogP contribution >= 0.6 is 11.6 Å². The number of aryl methyl sites for hydroxylation is 1. The highest BCUT2D eigenvalue weighted by Gasteiger charge is 2.19. The number of hydrogen-bond donors (Lipinski definition) is 2. The van der Waals surface area contributed by atoms with Gasteiger partial charge in [-0.1, -0.05) is 31.5 Å². The standard InChI is InChI=1S/C17H22ClN3O2/c1-11(2)15(7-8-22)19-17(23)16-9-12(3)21(20-16)14-6-4-5-13(18)10-14/h4-6,9-11,15,22H,7-8H2,1-3H3,(H,19,23). The molecule has 0 aliphatic rings. The van der Waals surface area contributed by atoms with Gasteiger partial charge in [-0.2, -0.15) is 5.10 Å². The van der Waals surface area contributed by atoms with Crippen molar-refractivity contribution in [2.45, 2.75) is 33.2 Å². The number of nitrogens with one attached hydrogen (secondary N) is 1. The molecule has 1 heterocycles. The van der Waals surface area contributed by atoms with Crippen molar-refractivity contribution in [3.63, 3.8) is 0 Å². The van der Waals surface area contributed by atoms with E-state index in [1.807, 2.05) is 32.9 Å². The van der Waals surface area contributed by atoms with Crippen LogP contribution in [0.25, 0.3) is 5.69 Å². The fourth-order valence-electron chi connectivity index (χ4n) is 2.41. The highest BCUT2D eigenvalue weighted by atomic mass is 35.5. The van der Waals surface area contributed by atoms with Gasteiger partial charge in [-0.05, 0) is 43.5 Å². The summed E-state index contributed by atoms with van der Waals surface area (Å²) in [4.78, 5) is 12.4. The van der Waals surface area contributed by atoms with E-state index >= 15 is 0 Å². The Morgan fingerprint density at radius 2 is 2.13 bits per heavy atom. The molecule has 0 radical (unpaired) electrons. The molecule has 6 heteroatoms. The second-order valence-corrected chi connectivity index (χ2v) is 6.34. The molecule has 2 rings (SSSR count). The molecule has 0 aliphatic carbocycles. The molecule has 2 N–H and O–H groups in total. The van der Waals surface area contributed by atoms with Crippen LogP contribution in [0.3, 0.4) is 0 Å². The maximum atomic E-state index is 12.4. The topological polar surface area (TPSA) is 67.2 Å². The summed E-state index contributed by atoms with van der Waals surface area (Å²) in [5, 5.41) is 17.0. The van der Waals surface area contributed by atoms with Crippen LogP contribution in [0.1, 0.15) is 36.5 Å². The lowest BCUT2D eigenvalue weighted by Gasteiger charge is -2.20. The van der Waals surface area contributed by atoms with Crippen molar-refractivity contribution in [1.29, 1.82) is 0 Å². The molecule has 0 saturated heterocycles. The summed E-state index contributed by atoms with van der Waals surface area (Å²) in [7, 11) is 0. The fourth-order valence-corrected chi connectivity index (χ4v) is 2.59. The van der Waals surface area contributed by atoms with Crippen LogP contribution in [-0.4, -0.2) is 33.4 Å². The number of nitrogens with zero attached hydrogens (tertiary/aromatic N) is 2. The van der Waals surface area contributed by atoms with Crippen molar-refractivity contribution < 1.29 is 9.90 Å². The molecule has 23 heavy (non-hydrogen) atoms. The summed E-state index contributed by atoms with van der Waals surface area (Å²) in [6, 6.07) is 8.98. The number of benzene rings is 1. The van der Waals surface area contributed by atoms with Crippen molar-refractivity contribution in [2.75, 3.05) is 6.61 Å². The van der Waals surface area contributed by atoms with Gasteiger partial charge in [-0.25, -0.2) is 4.68 Å². The smallest absolute Gasteiger partial charge is 0.272 e. The summed E-state index contributed by atoms with van der Waals surface area (Å²) < 4.78 is 1.69. The first-order valence-electron chi connectivity index (χ1n) is 7.66. The first-order valence-corrected chi connectivity index (χ1v) is 8.04. The summed E-state index contributed by atoms with van der Waals surface area (Å²) in [5.41, 5.74) is 2.01. The number of carbonyl (C=O) groups is 1. The monoisotopic (exact) mass is 335 g/mol. The third-order valence-electron chi connectivity index (χ3n) is 3.73. The zero-order chi connectivity index (χ0) is 17.0. The minimum Gasteiger partial charge on any atom is -0.396 e. The third-order valence-corrected chi connectivity index (χ3v) is 3.97. The van der Waals surface area contributed by atoms with Crippen molar-refractivity contribution in [3.8, 4) is 5.69 Å². The number of hydrogen-bond acceptors (Lipinski definition) is 3. The molecule has 1 unspecified atom stereocenters. The van der Waals surface area contributed by atoms with Crippen LogP contribution < -0.4 is 5.32 Å². The first kappa shape index (κ1) is 17.5. The van der Waals surface area contributed by atoms with Crippen molar-refractivity contribution in [2.24, 2.45) is 5.92 Å². The molecule has 2 aromatic rings. The van der Waals surface area contributed by atoms with Gasteiger partial charge in [0.05, 0.1) is 5.69 Å². The Labute approximate surface area is 141 Å². The van der Waals surface area contributed by atoms with Gasteiger partial charge in [-0.15, -0.1) is 0 Å². The van der Waals surface area contributed by atoms with E-state index < -0.39 is 0 Å². The Hall–Kier alpha value is -1.85. The molecule has 1 aromatic carbocycles. The number of amides is 1. The fraction of sp³-hybridized carbons (Fsp3) is 0.412. The van der Waals surface area contributed by atoms with Crippen LogP contribution in [0.15, 0.2) is 30.3 Å². The van der Waals surface area contributed by atoms with Gasteiger partial charge in [0.15, 0.2) is 5.69 Å². The highest BCUT2D eigenvalue weighted by molar-refractivity contribution is 6.30. The lowest BCUT2D eigenvalue weighted by atomic mass is 10.0. The molecule has 1 amide bonds. The van der Waals surface area contributed by atoms with Crippen LogP contribution in [0.4, 0.5) is 0 Å². The summed E-state index contributed by atoms with van der Waals surface area (Å²) >= 11 is 6.01. The highest BCUT2D eigenvalue weighted by Crippen LogP contribution is 2.17. The van der Waals surface area contributed by atoms with Crippen molar-refractivity contribution in [3.05, 3.63) is 46.7 Å². The van der Waals surface area contributed by atoms with E-state index in [0.29, 0.717) is 17.1 Å². The molecule has 0 fully saturated rings. The van der Waals surface area contributed by atoms with Crippen LogP contribution in [0.2, 0.25) is 5.02 Å². The lowest BCUT2D eigenvalue weighted by molar-refractivity contribution is 0.0911. The van der Waals surface area contributed by atoms with E-state index in [0.717, 1.165) is 11.4 Å². The van der Waals surface area contributed by atoms with E-state index in [-0.39, 0.29) is 24.5 Å². The van der Waals surface area contributed by atoms with Gasteiger partial charge in [0.1, 0.15) is 0 Å². The van der Waals surface area contributed by atoms with Crippen LogP contribution in [0.5, 0.6) is 0 Å². The van der Waals surface area contributed by atoms with Gasteiger partial charge in [-0.3, -0.25) is 4.79 Å². The SMILES string of the molecule is Cc1cc(C(=O)NC(CCO)C(C)C)nn1-c1cccc(Cl)c1. The first-order chi connectivity index (χ1) is 10.9. The molecule has 0 saturated carbocycles. The average Bonchev–Trinajstić information content (AvgIpc) is 2.88. The van der Waals surface area contributed by atoms with E-state index in [9.17, 15) is 4.79 Å². The Bertz CT molecular complexity index is 682. The van der Waals surface area contributed by atoms with Gasteiger partial charge >= 0.3 is 0 Å². The van der Waals surface area contributed by atoms with Crippen LogP contribution in [0, 0.1) is 12.8 Å². The molecular weight excluding hydrogens is 314 g/mol. The number of halogens is 1. The molecule has 1 atom stereocenters. The van der Waals surface area contributed by atoms with Crippen molar-refractivity contribution in [1.82, 2.24) is 15.1 Å². The summed E-state index contributed by atoms with van der Waals surface area (Å²) in [5.74, 6) is 0.00300. The van der Waals surface area contributed by atoms with E-state index in [1.54, 1.807) is 22.9 Å². The normalized spacial score (nSPS) is 12.4. The number of rotatable bonds is 6. The number of aliphatic hydroxyl groups is 1. The predicted octanol–water partition coefficient (Wildman–Crippen LogP) is 2.97. The van der Waals surface area contributed by atoms with E-state index in [2.05, 4.69) is 10.4 Å².